The van der Waals surface area contributed by atoms with E-state index in [1.807, 2.05) is 12.3 Å². The number of carbonyl (C=O) groups excluding carboxylic acids is 1. The molecule has 2 heterocycles. The van der Waals surface area contributed by atoms with Gasteiger partial charge in [0.05, 0.1) is 7.11 Å². The van der Waals surface area contributed by atoms with Crippen LogP contribution in [-0.2, 0) is 4.74 Å². The van der Waals surface area contributed by atoms with Crippen LogP contribution in [-0.4, -0.2) is 36.2 Å². The molecule has 0 saturated carbocycles. The van der Waals surface area contributed by atoms with Gasteiger partial charge >= 0.3 is 6.09 Å². The molecule has 0 aliphatic carbocycles. The molecule has 1 fully saturated rings. The summed E-state index contributed by atoms with van der Waals surface area (Å²) in [6, 6.07) is 3.98. The van der Waals surface area contributed by atoms with E-state index in [1.54, 1.807) is 11.1 Å². The van der Waals surface area contributed by atoms with E-state index in [0.717, 1.165) is 19.5 Å². The second kappa shape index (κ2) is 4.29. The van der Waals surface area contributed by atoms with Crippen molar-refractivity contribution in [1.29, 1.82) is 0 Å². The first kappa shape index (κ1) is 9.96. The van der Waals surface area contributed by atoms with Gasteiger partial charge in [-0.25, -0.2) is 4.79 Å². The van der Waals surface area contributed by atoms with Crippen molar-refractivity contribution < 1.29 is 9.53 Å². The molecule has 1 amide bonds. The molecule has 1 atom stereocenters. The lowest BCUT2D eigenvalue weighted by Crippen LogP contribution is -2.28. The number of methoxy groups -OCH3 is 1. The average Bonchev–Trinajstić information content (AvgIpc) is 2.78. The fraction of sp³-hybridized carbons (Fsp3) is 0.455. The van der Waals surface area contributed by atoms with E-state index < -0.39 is 0 Å². The molecule has 15 heavy (non-hydrogen) atoms. The summed E-state index contributed by atoms with van der Waals surface area (Å²) in [4.78, 5) is 17.1. The van der Waals surface area contributed by atoms with Crippen LogP contribution in [0, 0.1) is 0 Å². The molecule has 1 saturated heterocycles. The van der Waals surface area contributed by atoms with Gasteiger partial charge in [0, 0.05) is 31.4 Å². The lowest BCUT2D eigenvalue weighted by atomic mass is 10.0. The van der Waals surface area contributed by atoms with Gasteiger partial charge in [-0.15, -0.1) is 0 Å². The van der Waals surface area contributed by atoms with Crippen molar-refractivity contribution in [2.45, 2.75) is 12.3 Å². The van der Waals surface area contributed by atoms with Crippen molar-refractivity contribution in [3.8, 4) is 0 Å². The highest BCUT2D eigenvalue weighted by atomic mass is 16.5. The number of rotatable bonds is 1. The van der Waals surface area contributed by atoms with E-state index in [4.69, 9.17) is 0 Å². The molecule has 0 radical (unpaired) electrons. The molecule has 80 valence electrons. The summed E-state index contributed by atoms with van der Waals surface area (Å²) in [5.74, 6) is 0.401. The minimum atomic E-state index is -0.235. The average molecular weight is 206 g/mol. The number of amides is 1. The minimum Gasteiger partial charge on any atom is -0.453 e. The van der Waals surface area contributed by atoms with Crippen molar-refractivity contribution in [2.24, 2.45) is 0 Å². The van der Waals surface area contributed by atoms with Crippen LogP contribution in [0.4, 0.5) is 4.79 Å². The maximum Gasteiger partial charge on any atom is 0.409 e. The number of ether oxygens (including phenoxy) is 1. The van der Waals surface area contributed by atoms with Crippen LogP contribution >= 0.6 is 0 Å². The molecular weight excluding hydrogens is 192 g/mol. The topological polar surface area (TPSA) is 42.4 Å². The largest absolute Gasteiger partial charge is 0.453 e. The molecule has 1 aromatic heterocycles. The van der Waals surface area contributed by atoms with Crippen LogP contribution in [0.2, 0.25) is 0 Å². The molecule has 0 bridgehead atoms. The van der Waals surface area contributed by atoms with Crippen LogP contribution in [0.3, 0.4) is 0 Å². The van der Waals surface area contributed by atoms with E-state index in [-0.39, 0.29) is 6.09 Å². The van der Waals surface area contributed by atoms with Gasteiger partial charge in [-0.1, -0.05) is 6.07 Å². The van der Waals surface area contributed by atoms with E-state index in [9.17, 15) is 4.79 Å². The predicted octanol–water partition coefficient (Wildman–Crippen LogP) is 1.64. The summed E-state index contributed by atoms with van der Waals surface area (Å²) < 4.78 is 4.69. The molecule has 4 nitrogen and oxygen atoms in total. The zero-order valence-electron chi connectivity index (χ0n) is 8.72. The van der Waals surface area contributed by atoms with Gasteiger partial charge < -0.3 is 9.64 Å². The summed E-state index contributed by atoms with van der Waals surface area (Å²) in [5, 5.41) is 0. The first-order valence-corrected chi connectivity index (χ1v) is 5.04. The first-order chi connectivity index (χ1) is 7.31. The van der Waals surface area contributed by atoms with E-state index >= 15 is 0 Å². The van der Waals surface area contributed by atoms with Crippen LogP contribution in [0.1, 0.15) is 17.9 Å². The standard InChI is InChI=1S/C11H14N2O2/c1-15-11(14)13-6-4-10(8-13)9-3-2-5-12-7-9/h2-3,5,7,10H,4,6,8H2,1H3. The highest BCUT2D eigenvalue weighted by Crippen LogP contribution is 2.26. The second-order valence-electron chi connectivity index (χ2n) is 3.69. The predicted molar refractivity (Wildman–Crippen MR) is 55.6 cm³/mol. The third kappa shape index (κ3) is 2.09. The summed E-state index contributed by atoms with van der Waals surface area (Å²) in [5.41, 5.74) is 1.20. The Hall–Kier alpha value is -1.58. The van der Waals surface area contributed by atoms with Crippen LogP contribution < -0.4 is 0 Å². The van der Waals surface area contributed by atoms with Crippen LogP contribution in [0.5, 0.6) is 0 Å². The quantitative estimate of drug-likeness (QED) is 0.701. The highest BCUT2D eigenvalue weighted by Gasteiger charge is 2.27. The first-order valence-electron chi connectivity index (χ1n) is 5.04. The summed E-state index contributed by atoms with van der Waals surface area (Å²) in [6.45, 7) is 1.50. The lowest BCUT2D eigenvalue weighted by Gasteiger charge is -2.14. The molecule has 4 heteroatoms. The molecule has 1 unspecified atom stereocenters. The SMILES string of the molecule is COC(=O)N1CCC(c2cccnc2)C1. The second-order valence-corrected chi connectivity index (χ2v) is 3.69. The zero-order valence-corrected chi connectivity index (χ0v) is 8.72. The fourth-order valence-corrected chi connectivity index (χ4v) is 1.94. The molecule has 0 spiro atoms. The van der Waals surface area contributed by atoms with E-state index in [2.05, 4.69) is 15.8 Å². The Morgan fingerprint density at radius 3 is 3.20 bits per heavy atom. The van der Waals surface area contributed by atoms with Crippen molar-refractivity contribution in [2.75, 3.05) is 20.2 Å². The zero-order chi connectivity index (χ0) is 10.7. The number of hydrogen-bond acceptors (Lipinski definition) is 3. The summed E-state index contributed by atoms with van der Waals surface area (Å²) in [6.07, 6.45) is 4.38. The summed E-state index contributed by atoms with van der Waals surface area (Å²) in [7, 11) is 1.42. The number of hydrogen-bond donors (Lipinski definition) is 0. The third-order valence-corrected chi connectivity index (χ3v) is 2.78. The van der Waals surface area contributed by atoms with Crippen LogP contribution in [0.15, 0.2) is 24.5 Å². The molecule has 1 aliphatic heterocycles. The third-order valence-electron chi connectivity index (χ3n) is 2.78. The van der Waals surface area contributed by atoms with Crippen molar-refractivity contribution >= 4 is 6.09 Å². The van der Waals surface area contributed by atoms with Gasteiger partial charge in [-0.3, -0.25) is 4.98 Å². The Morgan fingerprint density at radius 2 is 2.53 bits per heavy atom. The number of carbonyl (C=O) groups is 1. The lowest BCUT2D eigenvalue weighted by molar-refractivity contribution is 0.132. The molecular formula is C11H14N2O2. The van der Waals surface area contributed by atoms with Crippen molar-refractivity contribution in [3.05, 3.63) is 30.1 Å². The fourth-order valence-electron chi connectivity index (χ4n) is 1.94. The molecule has 0 aromatic carbocycles. The molecule has 1 aromatic rings. The van der Waals surface area contributed by atoms with Gasteiger partial charge in [0.1, 0.15) is 0 Å². The normalized spacial score (nSPS) is 20.3. The van der Waals surface area contributed by atoms with Gasteiger partial charge in [0.15, 0.2) is 0 Å². The maximum absolute atomic E-state index is 11.3. The van der Waals surface area contributed by atoms with E-state index in [0.29, 0.717) is 5.92 Å². The van der Waals surface area contributed by atoms with Gasteiger partial charge in [-0.05, 0) is 18.1 Å². The van der Waals surface area contributed by atoms with Gasteiger partial charge in [-0.2, -0.15) is 0 Å². The number of likely N-dealkylation sites (tertiary alicyclic amines) is 1. The Bertz CT molecular complexity index is 340. The Kier molecular flexibility index (Phi) is 2.85. The maximum atomic E-state index is 11.3. The molecule has 2 rings (SSSR count). The van der Waals surface area contributed by atoms with Crippen molar-refractivity contribution in [3.63, 3.8) is 0 Å². The minimum absolute atomic E-state index is 0.235. The monoisotopic (exact) mass is 206 g/mol. The highest BCUT2D eigenvalue weighted by molar-refractivity contribution is 5.67. The van der Waals surface area contributed by atoms with Crippen molar-refractivity contribution in [1.82, 2.24) is 9.88 Å². The number of nitrogens with zero attached hydrogens (tertiary/aromatic N) is 2. The number of pyridine rings is 1. The Balaban J connectivity index is 2.02. The van der Waals surface area contributed by atoms with E-state index in [1.165, 1.54) is 12.7 Å². The van der Waals surface area contributed by atoms with Crippen LogP contribution in [0.25, 0.3) is 0 Å². The Morgan fingerprint density at radius 1 is 1.67 bits per heavy atom. The molecule has 0 N–H and O–H groups in total. The van der Waals surface area contributed by atoms with Gasteiger partial charge in [0.25, 0.3) is 0 Å². The number of aromatic nitrogens is 1. The smallest absolute Gasteiger partial charge is 0.409 e. The van der Waals surface area contributed by atoms with Gasteiger partial charge in [0.2, 0.25) is 0 Å². The molecule has 1 aliphatic rings. The Labute approximate surface area is 88.9 Å². The summed E-state index contributed by atoms with van der Waals surface area (Å²) >= 11 is 0.